The van der Waals surface area contributed by atoms with Crippen LogP contribution in [0.4, 0.5) is 0 Å². The third kappa shape index (κ3) is 5.36. The Morgan fingerprint density at radius 3 is 2.82 bits per heavy atom. The number of aliphatic hydroxyl groups excluding tert-OH is 1. The Hall–Kier alpha value is -1.55. The molecule has 0 atom stereocenters. The van der Waals surface area contributed by atoms with Crippen LogP contribution in [0, 0.1) is 0 Å². The van der Waals surface area contributed by atoms with Crippen LogP contribution in [-0.4, -0.2) is 30.4 Å². The van der Waals surface area contributed by atoms with E-state index in [1.54, 1.807) is 0 Å². The topological polar surface area (TPSA) is 55.8 Å². The molecule has 94 valence electrons. The van der Waals surface area contributed by atoms with Crippen molar-refractivity contribution in [3.05, 3.63) is 29.8 Å². The molecule has 0 saturated heterocycles. The number of carbonyl (C=O) groups excluding carboxylic acids is 1. The zero-order valence-corrected chi connectivity index (χ0v) is 10.2. The molecule has 0 aliphatic heterocycles. The van der Waals surface area contributed by atoms with Gasteiger partial charge in [0.05, 0.1) is 19.1 Å². The van der Waals surface area contributed by atoms with E-state index in [1.165, 1.54) is 0 Å². The first-order valence-corrected chi connectivity index (χ1v) is 5.64. The summed E-state index contributed by atoms with van der Waals surface area (Å²) in [5.74, 6) is 0.396. The smallest absolute Gasteiger partial charge is 0.310 e. The van der Waals surface area contributed by atoms with E-state index in [0.29, 0.717) is 0 Å². The zero-order valence-electron chi connectivity index (χ0n) is 10.2. The maximum atomic E-state index is 11.3. The van der Waals surface area contributed by atoms with Crippen molar-refractivity contribution in [2.24, 2.45) is 0 Å². The van der Waals surface area contributed by atoms with Gasteiger partial charge in [0.15, 0.2) is 0 Å². The monoisotopic (exact) mass is 238 g/mol. The second-order valence-corrected chi connectivity index (χ2v) is 3.93. The first-order valence-electron chi connectivity index (χ1n) is 5.64. The fraction of sp³-hybridized carbons (Fsp3) is 0.462. The van der Waals surface area contributed by atoms with Crippen LogP contribution in [-0.2, 0) is 16.0 Å². The van der Waals surface area contributed by atoms with Gasteiger partial charge in [-0.3, -0.25) is 4.79 Å². The van der Waals surface area contributed by atoms with Crippen molar-refractivity contribution in [3.63, 3.8) is 0 Å². The van der Waals surface area contributed by atoms with Gasteiger partial charge in [-0.15, -0.1) is 0 Å². The minimum absolute atomic E-state index is 0.0427. The van der Waals surface area contributed by atoms with Crippen LogP contribution in [0.5, 0.6) is 5.75 Å². The molecule has 0 aliphatic carbocycles. The molecule has 4 heteroatoms. The molecule has 0 saturated carbocycles. The lowest BCUT2D eigenvalue weighted by molar-refractivity contribution is -0.143. The molecular weight excluding hydrogens is 220 g/mol. The highest BCUT2D eigenvalue weighted by Gasteiger charge is 2.06. The summed E-state index contributed by atoms with van der Waals surface area (Å²) in [7, 11) is 0. The van der Waals surface area contributed by atoms with Gasteiger partial charge >= 0.3 is 5.97 Å². The Bertz CT molecular complexity index is 360. The van der Waals surface area contributed by atoms with Crippen molar-refractivity contribution in [2.75, 3.05) is 13.2 Å². The van der Waals surface area contributed by atoms with Gasteiger partial charge in [-0.05, 0) is 31.5 Å². The predicted molar refractivity (Wildman–Crippen MR) is 64.0 cm³/mol. The maximum absolute atomic E-state index is 11.3. The summed E-state index contributed by atoms with van der Waals surface area (Å²) in [6, 6.07) is 7.35. The van der Waals surface area contributed by atoms with Crippen LogP contribution in [0.2, 0.25) is 0 Å². The van der Waals surface area contributed by atoms with Crippen molar-refractivity contribution in [1.82, 2.24) is 0 Å². The molecule has 0 heterocycles. The van der Waals surface area contributed by atoms with Crippen LogP contribution in [0.15, 0.2) is 24.3 Å². The Kier molecular flexibility index (Phi) is 5.49. The van der Waals surface area contributed by atoms with Gasteiger partial charge in [-0.25, -0.2) is 0 Å². The van der Waals surface area contributed by atoms with Crippen LogP contribution in [0.1, 0.15) is 19.4 Å². The Balaban J connectivity index is 2.56. The molecule has 17 heavy (non-hydrogen) atoms. The third-order valence-corrected chi connectivity index (χ3v) is 1.97. The number of benzene rings is 1. The molecule has 1 N–H and O–H groups in total. The van der Waals surface area contributed by atoms with E-state index >= 15 is 0 Å². The zero-order chi connectivity index (χ0) is 12.7. The molecule has 1 aromatic carbocycles. The first-order chi connectivity index (χ1) is 8.11. The third-order valence-electron chi connectivity index (χ3n) is 1.97. The van der Waals surface area contributed by atoms with Gasteiger partial charge in [0.1, 0.15) is 12.4 Å². The summed E-state index contributed by atoms with van der Waals surface area (Å²) in [5.41, 5.74) is 0.839. The van der Waals surface area contributed by atoms with Gasteiger partial charge < -0.3 is 14.6 Å². The van der Waals surface area contributed by atoms with Crippen molar-refractivity contribution in [2.45, 2.75) is 26.4 Å². The number of carbonyl (C=O) groups is 1. The van der Waals surface area contributed by atoms with E-state index in [1.807, 2.05) is 38.1 Å². The number of aliphatic hydroxyl groups is 1. The highest BCUT2D eigenvalue weighted by molar-refractivity contribution is 5.72. The van der Waals surface area contributed by atoms with E-state index in [4.69, 9.17) is 14.6 Å². The van der Waals surface area contributed by atoms with Crippen molar-refractivity contribution in [1.29, 1.82) is 0 Å². The van der Waals surface area contributed by atoms with Gasteiger partial charge in [-0.2, -0.15) is 0 Å². The van der Waals surface area contributed by atoms with E-state index < -0.39 is 0 Å². The summed E-state index contributed by atoms with van der Waals surface area (Å²) >= 11 is 0. The Morgan fingerprint density at radius 2 is 2.18 bits per heavy atom. The number of esters is 1. The average Bonchev–Trinajstić information content (AvgIpc) is 2.26. The Morgan fingerprint density at radius 1 is 1.41 bits per heavy atom. The molecule has 4 nitrogen and oxygen atoms in total. The Labute approximate surface area is 101 Å². The van der Waals surface area contributed by atoms with Gasteiger partial charge in [0, 0.05) is 0 Å². The van der Waals surface area contributed by atoms with Crippen molar-refractivity contribution in [3.8, 4) is 5.75 Å². The quantitative estimate of drug-likeness (QED) is 0.764. The predicted octanol–water partition coefficient (Wildman–Crippen LogP) is 1.55. The largest absolute Gasteiger partial charge is 0.491 e. The van der Waals surface area contributed by atoms with Gasteiger partial charge in [0.2, 0.25) is 0 Å². The number of hydrogen-bond acceptors (Lipinski definition) is 4. The molecular formula is C13H18O4. The fourth-order valence-electron chi connectivity index (χ4n) is 1.38. The molecule has 0 spiro atoms. The second kappa shape index (κ2) is 6.91. The number of rotatable bonds is 6. The van der Waals surface area contributed by atoms with E-state index in [0.717, 1.165) is 11.3 Å². The molecule has 0 bridgehead atoms. The lowest BCUT2D eigenvalue weighted by atomic mass is 10.1. The fourth-order valence-corrected chi connectivity index (χ4v) is 1.38. The standard InChI is InChI=1S/C13H18O4/c1-10(2)17-12-5-3-4-11(8-12)9-13(15)16-7-6-14/h3-5,8,10,14H,6-7,9H2,1-2H3. The van der Waals surface area contributed by atoms with Crippen molar-refractivity contribution < 1.29 is 19.4 Å². The minimum atomic E-state index is -0.347. The second-order valence-electron chi connectivity index (χ2n) is 3.93. The summed E-state index contributed by atoms with van der Waals surface area (Å²) < 4.78 is 10.3. The SMILES string of the molecule is CC(C)Oc1cccc(CC(=O)OCCO)c1. The lowest BCUT2D eigenvalue weighted by Gasteiger charge is -2.10. The molecule has 0 radical (unpaired) electrons. The molecule has 0 aliphatic rings. The highest BCUT2D eigenvalue weighted by Crippen LogP contribution is 2.15. The van der Waals surface area contributed by atoms with E-state index in [-0.39, 0.29) is 31.7 Å². The highest BCUT2D eigenvalue weighted by atomic mass is 16.5. The van der Waals surface area contributed by atoms with Gasteiger partial charge in [-0.1, -0.05) is 12.1 Å². The number of hydrogen-bond donors (Lipinski definition) is 1. The normalized spacial score (nSPS) is 10.4. The maximum Gasteiger partial charge on any atom is 0.310 e. The molecule has 1 rings (SSSR count). The first kappa shape index (κ1) is 13.5. The van der Waals surface area contributed by atoms with Crippen LogP contribution < -0.4 is 4.74 Å². The molecule has 1 aromatic rings. The van der Waals surface area contributed by atoms with Crippen molar-refractivity contribution >= 4 is 5.97 Å². The minimum Gasteiger partial charge on any atom is -0.491 e. The molecule has 0 aromatic heterocycles. The van der Waals surface area contributed by atoms with Crippen LogP contribution in [0.25, 0.3) is 0 Å². The summed E-state index contributed by atoms with van der Waals surface area (Å²) in [5, 5.41) is 8.53. The van der Waals surface area contributed by atoms with Gasteiger partial charge in [0.25, 0.3) is 0 Å². The van der Waals surface area contributed by atoms with Crippen LogP contribution >= 0.6 is 0 Å². The molecule has 0 amide bonds. The summed E-state index contributed by atoms with van der Waals surface area (Å²) in [4.78, 5) is 11.3. The van der Waals surface area contributed by atoms with E-state index in [9.17, 15) is 4.79 Å². The lowest BCUT2D eigenvalue weighted by Crippen LogP contribution is -2.11. The van der Waals surface area contributed by atoms with Crippen LogP contribution in [0.3, 0.4) is 0 Å². The molecule has 0 unspecified atom stereocenters. The molecule has 0 fully saturated rings. The summed E-state index contributed by atoms with van der Waals surface area (Å²) in [6.45, 7) is 3.79. The number of ether oxygens (including phenoxy) is 2. The van der Waals surface area contributed by atoms with E-state index in [2.05, 4.69) is 0 Å². The summed E-state index contributed by atoms with van der Waals surface area (Å²) in [6.07, 6.45) is 0.293. The average molecular weight is 238 g/mol.